The number of benzene rings is 1. The quantitative estimate of drug-likeness (QED) is 0.829. The smallest absolute Gasteiger partial charge is 0.251 e. The van der Waals surface area contributed by atoms with Crippen LogP contribution in [0.5, 0.6) is 0 Å². The molecular formula is C16H23N3O2. The third-order valence-corrected chi connectivity index (χ3v) is 3.84. The SMILES string of the molecule is CCN(CC)C(=O)CCNC(=O)c1ccc2c(c1)CNC2. The van der Waals surface area contributed by atoms with Gasteiger partial charge in [-0.15, -0.1) is 0 Å². The molecule has 5 nitrogen and oxygen atoms in total. The molecule has 0 saturated carbocycles. The van der Waals surface area contributed by atoms with Crippen molar-refractivity contribution in [2.24, 2.45) is 0 Å². The molecule has 1 heterocycles. The van der Waals surface area contributed by atoms with Crippen LogP contribution in [0.25, 0.3) is 0 Å². The van der Waals surface area contributed by atoms with Gasteiger partial charge in [-0.1, -0.05) is 6.07 Å². The maximum absolute atomic E-state index is 12.1. The summed E-state index contributed by atoms with van der Waals surface area (Å²) in [5, 5.41) is 6.07. The molecule has 0 aromatic heterocycles. The van der Waals surface area contributed by atoms with E-state index in [1.807, 2.05) is 32.0 Å². The molecular weight excluding hydrogens is 266 g/mol. The maximum Gasteiger partial charge on any atom is 0.251 e. The van der Waals surface area contributed by atoms with E-state index < -0.39 is 0 Å². The van der Waals surface area contributed by atoms with E-state index in [1.165, 1.54) is 11.1 Å². The summed E-state index contributed by atoms with van der Waals surface area (Å²) in [6.45, 7) is 7.40. The fourth-order valence-corrected chi connectivity index (χ4v) is 2.56. The Hall–Kier alpha value is -1.88. The fraction of sp³-hybridized carbons (Fsp3) is 0.500. The topological polar surface area (TPSA) is 61.4 Å². The third kappa shape index (κ3) is 3.82. The average Bonchev–Trinajstić information content (AvgIpc) is 2.95. The Morgan fingerprint density at radius 1 is 1.19 bits per heavy atom. The summed E-state index contributed by atoms with van der Waals surface area (Å²) in [6.07, 6.45) is 0.347. The first kappa shape index (κ1) is 15.5. The monoisotopic (exact) mass is 289 g/mol. The Bertz CT molecular complexity index is 524. The van der Waals surface area contributed by atoms with Crippen LogP contribution in [0.1, 0.15) is 41.8 Å². The van der Waals surface area contributed by atoms with Gasteiger partial charge in [0.05, 0.1) is 0 Å². The molecule has 2 amide bonds. The minimum absolute atomic E-state index is 0.0819. The number of hydrogen-bond donors (Lipinski definition) is 2. The highest BCUT2D eigenvalue weighted by atomic mass is 16.2. The zero-order valence-corrected chi connectivity index (χ0v) is 12.7. The van der Waals surface area contributed by atoms with Crippen molar-refractivity contribution in [2.75, 3.05) is 19.6 Å². The highest BCUT2D eigenvalue weighted by Gasteiger charge is 2.14. The Morgan fingerprint density at radius 3 is 2.62 bits per heavy atom. The van der Waals surface area contributed by atoms with Crippen molar-refractivity contribution in [3.05, 3.63) is 34.9 Å². The molecule has 114 valence electrons. The standard InChI is InChI=1S/C16H23N3O2/c1-3-19(4-2)15(20)7-8-18-16(21)12-5-6-13-10-17-11-14(13)9-12/h5-6,9,17H,3-4,7-8,10-11H2,1-2H3,(H,18,21). The van der Waals surface area contributed by atoms with E-state index in [0.717, 1.165) is 13.1 Å². The minimum Gasteiger partial charge on any atom is -0.352 e. The predicted molar refractivity (Wildman–Crippen MR) is 81.9 cm³/mol. The molecule has 0 spiro atoms. The number of rotatable bonds is 6. The molecule has 1 aromatic carbocycles. The molecule has 2 rings (SSSR count). The minimum atomic E-state index is -0.114. The van der Waals surface area contributed by atoms with E-state index in [2.05, 4.69) is 10.6 Å². The first-order chi connectivity index (χ1) is 10.2. The second kappa shape index (κ2) is 7.22. The van der Waals surface area contributed by atoms with E-state index >= 15 is 0 Å². The Morgan fingerprint density at radius 2 is 1.90 bits per heavy atom. The molecule has 0 bridgehead atoms. The fourth-order valence-electron chi connectivity index (χ4n) is 2.56. The number of carbonyl (C=O) groups excluding carboxylic acids is 2. The summed E-state index contributed by atoms with van der Waals surface area (Å²) in [6, 6.07) is 5.76. The van der Waals surface area contributed by atoms with Gasteiger partial charge in [0.15, 0.2) is 0 Å². The van der Waals surface area contributed by atoms with Crippen molar-refractivity contribution in [3.63, 3.8) is 0 Å². The highest BCUT2D eigenvalue weighted by molar-refractivity contribution is 5.94. The second-order valence-electron chi connectivity index (χ2n) is 5.16. The zero-order chi connectivity index (χ0) is 15.2. The van der Waals surface area contributed by atoms with Gasteiger partial charge in [0.2, 0.25) is 5.91 Å². The lowest BCUT2D eigenvalue weighted by Gasteiger charge is -2.18. The molecule has 2 N–H and O–H groups in total. The van der Waals surface area contributed by atoms with Crippen LogP contribution in [-0.4, -0.2) is 36.3 Å². The molecule has 1 aromatic rings. The lowest BCUT2D eigenvalue weighted by molar-refractivity contribution is -0.130. The Labute approximate surface area is 125 Å². The molecule has 0 unspecified atom stereocenters. The van der Waals surface area contributed by atoms with Gasteiger partial charge in [-0.25, -0.2) is 0 Å². The van der Waals surface area contributed by atoms with E-state index in [1.54, 1.807) is 4.90 Å². The number of hydrogen-bond acceptors (Lipinski definition) is 3. The van der Waals surface area contributed by atoms with E-state index in [9.17, 15) is 9.59 Å². The van der Waals surface area contributed by atoms with E-state index in [0.29, 0.717) is 31.6 Å². The van der Waals surface area contributed by atoms with Crippen LogP contribution in [0.2, 0.25) is 0 Å². The van der Waals surface area contributed by atoms with Crippen LogP contribution in [0.4, 0.5) is 0 Å². The lowest BCUT2D eigenvalue weighted by Crippen LogP contribution is -2.34. The Balaban J connectivity index is 1.83. The molecule has 0 saturated heterocycles. The molecule has 0 aliphatic carbocycles. The van der Waals surface area contributed by atoms with Gasteiger partial charge >= 0.3 is 0 Å². The van der Waals surface area contributed by atoms with E-state index in [-0.39, 0.29) is 11.8 Å². The molecule has 0 fully saturated rings. The van der Waals surface area contributed by atoms with Crippen molar-refractivity contribution in [1.29, 1.82) is 0 Å². The molecule has 0 atom stereocenters. The first-order valence-corrected chi connectivity index (χ1v) is 7.54. The van der Waals surface area contributed by atoms with Gasteiger partial charge in [-0.3, -0.25) is 9.59 Å². The van der Waals surface area contributed by atoms with Gasteiger partial charge in [-0.2, -0.15) is 0 Å². The summed E-state index contributed by atoms with van der Waals surface area (Å²) in [5.74, 6) is -0.0319. The third-order valence-electron chi connectivity index (χ3n) is 3.84. The van der Waals surface area contributed by atoms with Crippen molar-refractivity contribution in [1.82, 2.24) is 15.5 Å². The average molecular weight is 289 g/mol. The summed E-state index contributed by atoms with van der Waals surface area (Å²) in [4.78, 5) is 25.7. The summed E-state index contributed by atoms with van der Waals surface area (Å²) >= 11 is 0. The van der Waals surface area contributed by atoms with Crippen LogP contribution in [0.15, 0.2) is 18.2 Å². The van der Waals surface area contributed by atoms with Gasteiger partial charge in [0.1, 0.15) is 0 Å². The number of nitrogens with zero attached hydrogens (tertiary/aromatic N) is 1. The molecule has 0 radical (unpaired) electrons. The predicted octanol–water partition coefficient (Wildman–Crippen LogP) is 1.28. The molecule has 1 aliphatic rings. The normalized spacial score (nSPS) is 12.9. The maximum atomic E-state index is 12.1. The largest absolute Gasteiger partial charge is 0.352 e. The van der Waals surface area contributed by atoms with Gasteiger partial charge in [0, 0.05) is 44.7 Å². The second-order valence-corrected chi connectivity index (χ2v) is 5.16. The van der Waals surface area contributed by atoms with Crippen molar-refractivity contribution in [2.45, 2.75) is 33.4 Å². The summed E-state index contributed by atoms with van der Waals surface area (Å²) < 4.78 is 0. The van der Waals surface area contributed by atoms with Crippen LogP contribution in [-0.2, 0) is 17.9 Å². The van der Waals surface area contributed by atoms with Gasteiger partial charge < -0.3 is 15.5 Å². The van der Waals surface area contributed by atoms with Gasteiger partial charge in [0.25, 0.3) is 5.91 Å². The van der Waals surface area contributed by atoms with Crippen molar-refractivity contribution in [3.8, 4) is 0 Å². The summed E-state index contributed by atoms with van der Waals surface area (Å²) in [7, 11) is 0. The highest BCUT2D eigenvalue weighted by Crippen LogP contribution is 2.16. The summed E-state index contributed by atoms with van der Waals surface area (Å²) in [5.41, 5.74) is 3.10. The van der Waals surface area contributed by atoms with E-state index in [4.69, 9.17) is 0 Å². The number of amides is 2. The van der Waals surface area contributed by atoms with Crippen LogP contribution in [0.3, 0.4) is 0 Å². The number of nitrogens with one attached hydrogen (secondary N) is 2. The van der Waals surface area contributed by atoms with Crippen molar-refractivity contribution < 1.29 is 9.59 Å². The van der Waals surface area contributed by atoms with Crippen LogP contribution >= 0.6 is 0 Å². The lowest BCUT2D eigenvalue weighted by atomic mass is 10.1. The number of carbonyl (C=O) groups is 2. The molecule has 5 heteroatoms. The zero-order valence-electron chi connectivity index (χ0n) is 12.7. The number of fused-ring (bicyclic) bond motifs is 1. The van der Waals surface area contributed by atoms with Gasteiger partial charge in [-0.05, 0) is 37.1 Å². The molecule has 1 aliphatic heterocycles. The molecule has 21 heavy (non-hydrogen) atoms. The van der Waals surface area contributed by atoms with Crippen LogP contribution < -0.4 is 10.6 Å². The van der Waals surface area contributed by atoms with Crippen LogP contribution in [0, 0.1) is 0 Å². The van der Waals surface area contributed by atoms with Crippen molar-refractivity contribution >= 4 is 11.8 Å². The first-order valence-electron chi connectivity index (χ1n) is 7.54. The Kier molecular flexibility index (Phi) is 5.33.